The summed E-state index contributed by atoms with van der Waals surface area (Å²) in [5.74, 6) is -0.219. The molecule has 3 N–H and O–H groups in total. The van der Waals surface area contributed by atoms with Gasteiger partial charge in [-0.15, -0.1) is 0 Å². The Hall–Kier alpha value is -5.25. The number of aromatic nitrogens is 3. The predicted molar refractivity (Wildman–Crippen MR) is 149 cm³/mol. The Balaban J connectivity index is 1.59. The van der Waals surface area contributed by atoms with Gasteiger partial charge in [-0.2, -0.15) is 0 Å². The third kappa shape index (κ3) is 5.54. The number of aryl methyl sites for hydroxylation is 1. The summed E-state index contributed by atoms with van der Waals surface area (Å²) in [5, 5.41) is 25.7. The van der Waals surface area contributed by atoms with E-state index < -0.39 is 4.92 Å². The van der Waals surface area contributed by atoms with Crippen LogP contribution in [0.4, 0.5) is 11.4 Å². The molecule has 0 bridgehead atoms. The molecule has 0 aliphatic rings. The van der Waals surface area contributed by atoms with E-state index in [9.17, 15) is 20.0 Å². The molecule has 0 atom stereocenters. The standard InChI is InChI=1S/C29H26N6O4/c1-18(36)30-14-13-19-3-5-21(6-4-19)28(27-24-15-23(35(38)39)11-12-25(24)33-29(27)37)32-22-9-7-20(8-10-22)26-16-34(2)17-31-26/h3-12,15-17,33,37H,13-14H2,1-2H3,(H,30,36). The van der Waals surface area contributed by atoms with Crippen molar-refractivity contribution in [1.29, 1.82) is 0 Å². The number of hydrogen-bond donors (Lipinski definition) is 3. The number of carbonyl (C=O) groups is 1. The monoisotopic (exact) mass is 522 g/mol. The molecular formula is C29H26N6O4. The average Bonchev–Trinajstić information content (AvgIpc) is 3.49. The van der Waals surface area contributed by atoms with Crippen LogP contribution in [-0.2, 0) is 18.3 Å². The Kier molecular flexibility index (Phi) is 6.92. The van der Waals surface area contributed by atoms with Gasteiger partial charge in [0.25, 0.3) is 5.69 Å². The second-order valence-corrected chi connectivity index (χ2v) is 9.20. The molecule has 0 aliphatic heterocycles. The van der Waals surface area contributed by atoms with E-state index in [-0.39, 0.29) is 17.5 Å². The number of aliphatic imine (C=N–C) groups is 1. The molecule has 0 unspecified atom stereocenters. The molecule has 0 fully saturated rings. The minimum absolute atomic E-state index is 0.0843. The number of imidazole rings is 1. The number of fused-ring (bicyclic) bond motifs is 1. The van der Waals surface area contributed by atoms with Crippen LogP contribution >= 0.6 is 0 Å². The van der Waals surface area contributed by atoms with Crippen LogP contribution in [0.5, 0.6) is 5.88 Å². The molecule has 2 heterocycles. The molecule has 1 amide bonds. The van der Waals surface area contributed by atoms with Crippen molar-refractivity contribution in [3.05, 3.63) is 106 Å². The van der Waals surface area contributed by atoms with Gasteiger partial charge in [-0.3, -0.25) is 14.9 Å². The fourth-order valence-electron chi connectivity index (χ4n) is 4.39. The fraction of sp³-hybridized carbons (Fsp3) is 0.138. The summed E-state index contributed by atoms with van der Waals surface area (Å²) in [4.78, 5) is 34.4. The first-order chi connectivity index (χ1) is 18.8. The zero-order chi connectivity index (χ0) is 27.5. The summed E-state index contributed by atoms with van der Waals surface area (Å²) in [5.41, 5.74) is 5.44. The van der Waals surface area contributed by atoms with E-state index in [1.54, 1.807) is 12.4 Å². The molecule has 39 heavy (non-hydrogen) atoms. The Bertz CT molecular complexity index is 1700. The molecular weight excluding hydrogens is 496 g/mol. The van der Waals surface area contributed by atoms with Crippen molar-refractivity contribution in [3.8, 4) is 17.1 Å². The van der Waals surface area contributed by atoms with Crippen LogP contribution in [0.2, 0.25) is 0 Å². The Morgan fingerprint density at radius 3 is 2.51 bits per heavy atom. The largest absolute Gasteiger partial charge is 0.494 e. The molecule has 0 saturated heterocycles. The number of rotatable bonds is 8. The zero-order valence-electron chi connectivity index (χ0n) is 21.4. The first kappa shape index (κ1) is 25.4. The molecule has 5 rings (SSSR count). The maximum atomic E-state index is 11.5. The number of carbonyl (C=O) groups excluding carboxylic acids is 1. The molecule has 196 valence electrons. The van der Waals surface area contributed by atoms with Crippen molar-refractivity contribution < 1.29 is 14.8 Å². The van der Waals surface area contributed by atoms with Crippen molar-refractivity contribution in [3.63, 3.8) is 0 Å². The number of nitro benzene ring substituents is 1. The van der Waals surface area contributed by atoms with E-state index in [2.05, 4.69) is 15.3 Å². The van der Waals surface area contributed by atoms with Gasteiger partial charge in [0.05, 0.1) is 33.9 Å². The number of amides is 1. The maximum absolute atomic E-state index is 11.5. The fourth-order valence-corrected chi connectivity index (χ4v) is 4.39. The van der Waals surface area contributed by atoms with E-state index in [1.165, 1.54) is 19.1 Å². The van der Waals surface area contributed by atoms with Crippen LogP contribution in [0.1, 0.15) is 23.6 Å². The normalized spacial score (nSPS) is 11.6. The van der Waals surface area contributed by atoms with E-state index in [4.69, 9.17) is 4.99 Å². The summed E-state index contributed by atoms with van der Waals surface area (Å²) >= 11 is 0. The third-order valence-electron chi connectivity index (χ3n) is 6.33. The molecule has 0 saturated carbocycles. The van der Waals surface area contributed by atoms with E-state index in [0.717, 1.165) is 22.4 Å². The molecule has 0 radical (unpaired) electrons. The van der Waals surface area contributed by atoms with Crippen molar-refractivity contribution >= 4 is 33.9 Å². The third-order valence-corrected chi connectivity index (χ3v) is 6.33. The number of H-pyrrole nitrogens is 1. The first-order valence-electron chi connectivity index (χ1n) is 12.3. The summed E-state index contributed by atoms with van der Waals surface area (Å²) in [6.45, 7) is 2.00. The molecule has 2 aromatic heterocycles. The molecule has 3 aromatic carbocycles. The van der Waals surface area contributed by atoms with Crippen molar-refractivity contribution in [1.82, 2.24) is 19.9 Å². The van der Waals surface area contributed by atoms with Gasteiger partial charge in [-0.1, -0.05) is 36.4 Å². The van der Waals surface area contributed by atoms with Crippen LogP contribution < -0.4 is 5.32 Å². The topological polar surface area (TPSA) is 138 Å². The number of nitro groups is 1. The Morgan fingerprint density at radius 2 is 1.87 bits per heavy atom. The molecule has 5 aromatic rings. The lowest BCUT2D eigenvalue weighted by molar-refractivity contribution is -0.384. The lowest BCUT2D eigenvalue weighted by atomic mass is 9.98. The first-order valence-corrected chi connectivity index (χ1v) is 12.3. The van der Waals surface area contributed by atoms with Gasteiger partial charge in [0.2, 0.25) is 5.91 Å². The maximum Gasteiger partial charge on any atom is 0.270 e. The Morgan fingerprint density at radius 1 is 1.13 bits per heavy atom. The van der Waals surface area contributed by atoms with Crippen molar-refractivity contribution in [2.75, 3.05) is 6.54 Å². The van der Waals surface area contributed by atoms with Crippen LogP contribution in [0, 0.1) is 10.1 Å². The molecule has 10 heteroatoms. The highest BCUT2D eigenvalue weighted by molar-refractivity contribution is 6.22. The zero-order valence-corrected chi connectivity index (χ0v) is 21.4. The minimum Gasteiger partial charge on any atom is -0.494 e. The number of aromatic amines is 1. The summed E-state index contributed by atoms with van der Waals surface area (Å²) < 4.78 is 1.87. The number of benzene rings is 3. The van der Waals surface area contributed by atoms with Crippen LogP contribution in [-0.4, -0.2) is 42.7 Å². The smallest absolute Gasteiger partial charge is 0.270 e. The second-order valence-electron chi connectivity index (χ2n) is 9.20. The van der Waals surface area contributed by atoms with Crippen molar-refractivity contribution in [2.45, 2.75) is 13.3 Å². The number of non-ortho nitro benzene ring substituents is 1. The predicted octanol–water partition coefficient (Wildman–Crippen LogP) is 5.03. The van der Waals surface area contributed by atoms with Crippen LogP contribution in [0.3, 0.4) is 0 Å². The van der Waals surface area contributed by atoms with E-state index in [1.807, 2.05) is 66.3 Å². The molecule has 0 spiro atoms. The van der Waals surface area contributed by atoms with Crippen LogP contribution in [0.25, 0.3) is 22.2 Å². The molecule has 10 nitrogen and oxygen atoms in total. The SMILES string of the molecule is CC(=O)NCCc1ccc(C(=Nc2ccc(-c3cn(C)cn3)cc2)c2c(O)[nH]c3ccc([N+](=O)[O-])cc23)cc1. The number of nitrogens with zero attached hydrogens (tertiary/aromatic N) is 4. The highest BCUT2D eigenvalue weighted by Gasteiger charge is 2.21. The van der Waals surface area contributed by atoms with Gasteiger partial charge in [0.1, 0.15) is 0 Å². The van der Waals surface area contributed by atoms with Crippen molar-refractivity contribution in [2.24, 2.45) is 12.0 Å². The van der Waals surface area contributed by atoms with Crippen LogP contribution in [0.15, 0.2) is 84.2 Å². The molecule has 0 aliphatic carbocycles. The number of nitrogens with one attached hydrogen (secondary N) is 2. The lowest BCUT2D eigenvalue weighted by Crippen LogP contribution is -2.22. The lowest BCUT2D eigenvalue weighted by Gasteiger charge is -2.10. The highest BCUT2D eigenvalue weighted by atomic mass is 16.6. The average molecular weight is 523 g/mol. The second kappa shape index (κ2) is 10.6. The van der Waals surface area contributed by atoms with Gasteiger partial charge >= 0.3 is 0 Å². The van der Waals surface area contributed by atoms with Gasteiger partial charge in [0.15, 0.2) is 5.88 Å². The summed E-state index contributed by atoms with van der Waals surface area (Å²) in [6, 6.07) is 19.6. The summed E-state index contributed by atoms with van der Waals surface area (Å²) in [7, 11) is 1.91. The quantitative estimate of drug-likeness (QED) is 0.149. The van der Waals surface area contributed by atoms with Gasteiger partial charge in [-0.25, -0.2) is 9.98 Å². The van der Waals surface area contributed by atoms with Gasteiger partial charge in [0, 0.05) is 60.9 Å². The summed E-state index contributed by atoms with van der Waals surface area (Å²) in [6.07, 6.45) is 4.32. The van der Waals surface area contributed by atoms with E-state index >= 15 is 0 Å². The highest BCUT2D eigenvalue weighted by Crippen LogP contribution is 2.34. The number of hydrogen-bond acceptors (Lipinski definition) is 6. The van der Waals surface area contributed by atoms with Gasteiger partial charge < -0.3 is 20.0 Å². The Labute approximate surface area is 223 Å². The van der Waals surface area contributed by atoms with E-state index in [0.29, 0.717) is 40.8 Å². The number of aromatic hydroxyl groups is 1. The minimum atomic E-state index is -0.468. The van der Waals surface area contributed by atoms with Gasteiger partial charge in [-0.05, 0) is 30.2 Å².